The van der Waals surface area contributed by atoms with Gasteiger partial charge in [-0.05, 0) is 13.3 Å². The van der Waals surface area contributed by atoms with E-state index in [0.717, 1.165) is 6.42 Å². The topological polar surface area (TPSA) is 54.9 Å². The second-order valence-corrected chi connectivity index (χ2v) is 2.91. The van der Waals surface area contributed by atoms with Gasteiger partial charge in [0.25, 0.3) is 5.91 Å². The second kappa shape index (κ2) is 4.54. The summed E-state index contributed by atoms with van der Waals surface area (Å²) in [5.41, 5.74) is 0.503. The third-order valence-electron chi connectivity index (χ3n) is 1.81. The van der Waals surface area contributed by atoms with Gasteiger partial charge in [0.1, 0.15) is 6.33 Å². The predicted octanol–water partition coefficient (Wildman–Crippen LogP) is 1.00. The Hall–Kier alpha value is -1.45. The number of rotatable bonds is 3. The number of carbonyl (C=O) groups is 1. The van der Waals surface area contributed by atoms with Crippen LogP contribution in [0.1, 0.15) is 30.6 Å². The van der Waals surface area contributed by atoms with Gasteiger partial charge in [0.15, 0.2) is 0 Å². The second-order valence-electron chi connectivity index (χ2n) is 2.91. The number of nitrogens with one attached hydrogen (secondary N) is 1. The number of hydrogen-bond acceptors (Lipinski definition) is 3. The number of amides is 1. The average Bonchev–Trinajstić information content (AvgIpc) is 2.19. The molecule has 1 aromatic rings. The molecule has 4 nitrogen and oxygen atoms in total. The zero-order chi connectivity index (χ0) is 9.68. The first-order valence-electron chi connectivity index (χ1n) is 4.30. The highest BCUT2D eigenvalue weighted by Crippen LogP contribution is 1.95. The van der Waals surface area contributed by atoms with Crippen LogP contribution in [0.25, 0.3) is 0 Å². The largest absolute Gasteiger partial charge is 0.350 e. The molecule has 70 valence electrons. The molecule has 1 unspecified atom stereocenters. The standard InChI is InChI=1S/C9H13N3O/c1-3-7(2)12-9(13)8-4-10-6-11-5-8/h4-7H,3H2,1-2H3,(H,12,13). The minimum Gasteiger partial charge on any atom is -0.350 e. The van der Waals surface area contributed by atoms with Crippen LogP contribution in [0.4, 0.5) is 0 Å². The van der Waals surface area contributed by atoms with Crippen molar-refractivity contribution in [2.24, 2.45) is 0 Å². The summed E-state index contributed by atoms with van der Waals surface area (Å²) in [6.45, 7) is 3.98. The fraction of sp³-hybridized carbons (Fsp3) is 0.444. The molecule has 0 aliphatic carbocycles. The fourth-order valence-electron chi connectivity index (χ4n) is 0.826. The third-order valence-corrected chi connectivity index (χ3v) is 1.81. The van der Waals surface area contributed by atoms with Gasteiger partial charge in [-0.15, -0.1) is 0 Å². The Labute approximate surface area is 77.4 Å². The number of hydrogen-bond donors (Lipinski definition) is 1. The average molecular weight is 179 g/mol. The van der Waals surface area contributed by atoms with Crippen LogP contribution >= 0.6 is 0 Å². The van der Waals surface area contributed by atoms with Crippen molar-refractivity contribution in [1.82, 2.24) is 15.3 Å². The number of nitrogens with zero attached hydrogens (tertiary/aromatic N) is 2. The molecule has 0 radical (unpaired) electrons. The summed E-state index contributed by atoms with van der Waals surface area (Å²) < 4.78 is 0. The first-order chi connectivity index (χ1) is 6.24. The molecule has 0 aromatic carbocycles. The molecule has 0 bridgehead atoms. The van der Waals surface area contributed by atoms with Crippen LogP contribution in [-0.2, 0) is 0 Å². The van der Waals surface area contributed by atoms with E-state index in [2.05, 4.69) is 15.3 Å². The summed E-state index contributed by atoms with van der Waals surface area (Å²) in [6, 6.07) is 0.188. The molecule has 0 fully saturated rings. The van der Waals surface area contributed by atoms with Crippen LogP contribution < -0.4 is 5.32 Å². The van der Waals surface area contributed by atoms with E-state index in [1.807, 2.05) is 13.8 Å². The highest BCUT2D eigenvalue weighted by Gasteiger charge is 2.07. The Morgan fingerprint density at radius 2 is 2.15 bits per heavy atom. The quantitative estimate of drug-likeness (QED) is 0.753. The van der Waals surface area contributed by atoms with Gasteiger partial charge in [-0.1, -0.05) is 6.92 Å². The third kappa shape index (κ3) is 2.82. The molecule has 1 heterocycles. The first-order valence-corrected chi connectivity index (χ1v) is 4.30. The Kier molecular flexibility index (Phi) is 3.37. The van der Waals surface area contributed by atoms with Crippen molar-refractivity contribution in [3.05, 3.63) is 24.3 Å². The van der Waals surface area contributed by atoms with Crippen molar-refractivity contribution in [2.75, 3.05) is 0 Å². The van der Waals surface area contributed by atoms with Gasteiger partial charge in [-0.3, -0.25) is 4.79 Å². The summed E-state index contributed by atoms with van der Waals surface area (Å²) in [4.78, 5) is 19.0. The van der Waals surface area contributed by atoms with Crippen LogP contribution in [0.15, 0.2) is 18.7 Å². The molecule has 1 amide bonds. The molecule has 4 heteroatoms. The van der Waals surface area contributed by atoms with Gasteiger partial charge in [0, 0.05) is 18.4 Å². The van der Waals surface area contributed by atoms with Crippen molar-refractivity contribution in [1.29, 1.82) is 0 Å². The van der Waals surface area contributed by atoms with Gasteiger partial charge in [-0.25, -0.2) is 9.97 Å². The lowest BCUT2D eigenvalue weighted by Gasteiger charge is -2.10. The van der Waals surface area contributed by atoms with Gasteiger partial charge < -0.3 is 5.32 Å². The molecule has 0 aliphatic heterocycles. The predicted molar refractivity (Wildman–Crippen MR) is 49.3 cm³/mol. The lowest BCUT2D eigenvalue weighted by atomic mass is 10.2. The molecular formula is C9H13N3O. The van der Waals surface area contributed by atoms with Crippen LogP contribution in [0.5, 0.6) is 0 Å². The monoisotopic (exact) mass is 179 g/mol. The van der Waals surface area contributed by atoms with E-state index in [-0.39, 0.29) is 11.9 Å². The Bertz CT molecular complexity index is 273. The molecule has 0 saturated heterocycles. The van der Waals surface area contributed by atoms with E-state index in [4.69, 9.17) is 0 Å². The van der Waals surface area contributed by atoms with Gasteiger partial charge in [0.05, 0.1) is 5.56 Å². The zero-order valence-corrected chi connectivity index (χ0v) is 7.82. The van der Waals surface area contributed by atoms with Crippen LogP contribution in [-0.4, -0.2) is 21.9 Å². The first kappa shape index (κ1) is 9.64. The summed E-state index contributed by atoms with van der Waals surface area (Å²) in [5, 5.41) is 2.83. The molecule has 1 aromatic heterocycles. The SMILES string of the molecule is CCC(C)NC(=O)c1cncnc1. The zero-order valence-electron chi connectivity index (χ0n) is 7.82. The maximum absolute atomic E-state index is 11.4. The van der Waals surface area contributed by atoms with Gasteiger partial charge >= 0.3 is 0 Å². The van der Waals surface area contributed by atoms with Crippen molar-refractivity contribution >= 4 is 5.91 Å². The van der Waals surface area contributed by atoms with Gasteiger partial charge in [0.2, 0.25) is 0 Å². The van der Waals surface area contributed by atoms with Crippen molar-refractivity contribution < 1.29 is 4.79 Å². The Morgan fingerprint density at radius 1 is 1.54 bits per heavy atom. The lowest BCUT2D eigenvalue weighted by Crippen LogP contribution is -2.32. The van der Waals surface area contributed by atoms with E-state index in [9.17, 15) is 4.79 Å². The lowest BCUT2D eigenvalue weighted by molar-refractivity contribution is 0.0938. The summed E-state index contributed by atoms with van der Waals surface area (Å²) in [5.74, 6) is -0.116. The van der Waals surface area contributed by atoms with Crippen molar-refractivity contribution in [3.63, 3.8) is 0 Å². The summed E-state index contributed by atoms with van der Waals surface area (Å²) in [6.07, 6.45) is 5.33. The van der Waals surface area contributed by atoms with Crippen LogP contribution in [0.2, 0.25) is 0 Å². The molecule has 1 atom stereocenters. The van der Waals surface area contributed by atoms with Crippen molar-refractivity contribution in [2.45, 2.75) is 26.3 Å². The molecule has 1 N–H and O–H groups in total. The minimum absolute atomic E-state index is 0.116. The minimum atomic E-state index is -0.116. The van der Waals surface area contributed by atoms with E-state index in [1.54, 1.807) is 0 Å². The normalized spacial score (nSPS) is 12.2. The smallest absolute Gasteiger partial charge is 0.254 e. The maximum Gasteiger partial charge on any atom is 0.254 e. The molecule has 0 spiro atoms. The highest BCUT2D eigenvalue weighted by atomic mass is 16.1. The van der Waals surface area contributed by atoms with Crippen LogP contribution in [0.3, 0.4) is 0 Å². The van der Waals surface area contributed by atoms with E-state index in [1.165, 1.54) is 18.7 Å². The molecule has 1 rings (SSSR count). The highest BCUT2D eigenvalue weighted by molar-refractivity contribution is 5.93. The fourth-order valence-corrected chi connectivity index (χ4v) is 0.826. The van der Waals surface area contributed by atoms with E-state index < -0.39 is 0 Å². The van der Waals surface area contributed by atoms with E-state index in [0.29, 0.717) is 5.56 Å². The Morgan fingerprint density at radius 3 is 2.69 bits per heavy atom. The maximum atomic E-state index is 11.4. The molecule has 0 saturated carbocycles. The van der Waals surface area contributed by atoms with Crippen molar-refractivity contribution in [3.8, 4) is 0 Å². The Balaban J connectivity index is 2.59. The van der Waals surface area contributed by atoms with Gasteiger partial charge in [-0.2, -0.15) is 0 Å². The summed E-state index contributed by atoms with van der Waals surface area (Å²) in [7, 11) is 0. The summed E-state index contributed by atoms with van der Waals surface area (Å²) >= 11 is 0. The van der Waals surface area contributed by atoms with E-state index >= 15 is 0 Å². The van der Waals surface area contributed by atoms with Crippen LogP contribution in [0, 0.1) is 0 Å². The number of aromatic nitrogens is 2. The number of carbonyl (C=O) groups excluding carboxylic acids is 1. The molecular weight excluding hydrogens is 166 g/mol. The molecule has 0 aliphatic rings. The molecule has 13 heavy (non-hydrogen) atoms.